The molecule has 23 heavy (non-hydrogen) atoms. The minimum absolute atomic E-state index is 0.106. The van der Waals surface area contributed by atoms with Gasteiger partial charge in [0.2, 0.25) is 0 Å². The van der Waals surface area contributed by atoms with Crippen molar-refractivity contribution in [1.82, 2.24) is 19.9 Å². The van der Waals surface area contributed by atoms with Crippen LogP contribution in [0.5, 0.6) is 5.75 Å². The predicted molar refractivity (Wildman–Crippen MR) is 90.3 cm³/mol. The van der Waals surface area contributed by atoms with Crippen molar-refractivity contribution in [3.05, 3.63) is 60.0 Å². The number of pyridine rings is 1. The first-order valence-electron chi connectivity index (χ1n) is 8.03. The van der Waals surface area contributed by atoms with E-state index in [9.17, 15) is 5.11 Å². The standard InChI is InChI=1S/C18H22N4O/c1-3-7-16(18-21-20-17-10-4-5-11-22(17)18)19-13(2)14-8-6-9-15(23)12-14/h4-6,8-13,16,19,23H,3,7H2,1-2H3/t13-,16-/m1/s1. The molecule has 0 aliphatic rings. The van der Waals surface area contributed by atoms with Crippen molar-refractivity contribution in [2.24, 2.45) is 0 Å². The van der Waals surface area contributed by atoms with Crippen LogP contribution >= 0.6 is 0 Å². The van der Waals surface area contributed by atoms with Crippen LogP contribution < -0.4 is 5.32 Å². The van der Waals surface area contributed by atoms with Gasteiger partial charge in [-0.05, 0) is 43.2 Å². The van der Waals surface area contributed by atoms with Crippen LogP contribution in [-0.4, -0.2) is 19.7 Å². The van der Waals surface area contributed by atoms with E-state index in [4.69, 9.17) is 0 Å². The van der Waals surface area contributed by atoms with E-state index in [1.54, 1.807) is 12.1 Å². The van der Waals surface area contributed by atoms with Gasteiger partial charge in [0.05, 0.1) is 6.04 Å². The first-order chi connectivity index (χ1) is 11.2. The molecule has 2 N–H and O–H groups in total. The third-order valence-corrected chi connectivity index (χ3v) is 4.05. The number of aromatic nitrogens is 3. The van der Waals surface area contributed by atoms with Crippen molar-refractivity contribution < 1.29 is 5.11 Å². The number of fused-ring (bicyclic) bond motifs is 1. The van der Waals surface area contributed by atoms with Gasteiger partial charge in [-0.25, -0.2) is 0 Å². The SMILES string of the molecule is CCC[C@@H](N[C@H](C)c1cccc(O)c1)c1nnc2ccccn12. The number of hydrogen-bond donors (Lipinski definition) is 2. The molecule has 3 rings (SSSR count). The lowest BCUT2D eigenvalue weighted by atomic mass is 10.0. The molecule has 0 radical (unpaired) electrons. The molecule has 5 heteroatoms. The highest BCUT2D eigenvalue weighted by molar-refractivity contribution is 5.37. The van der Waals surface area contributed by atoms with E-state index in [2.05, 4.69) is 29.4 Å². The number of nitrogens with zero attached hydrogens (tertiary/aromatic N) is 3. The molecular formula is C18H22N4O. The molecule has 0 saturated carbocycles. The van der Waals surface area contributed by atoms with Gasteiger partial charge in [-0.1, -0.05) is 31.5 Å². The molecule has 0 spiro atoms. The lowest BCUT2D eigenvalue weighted by molar-refractivity contribution is 0.418. The zero-order chi connectivity index (χ0) is 16.2. The molecule has 0 unspecified atom stereocenters. The first-order valence-corrected chi connectivity index (χ1v) is 8.03. The van der Waals surface area contributed by atoms with Crippen LogP contribution in [0.1, 0.15) is 50.2 Å². The third-order valence-electron chi connectivity index (χ3n) is 4.05. The fourth-order valence-electron chi connectivity index (χ4n) is 2.87. The number of phenols is 1. The van der Waals surface area contributed by atoms with Crippen molar-refractivity contribution in [1.29, 1.82) is 0 Å². The number of hydrogen-bond acceptors (Lipinski definition) is 4. The van der Waals surface area contributed by atoms with Crippen LogP contribution in [0.25, 0.3) is 5.65 Å². The van der Waals surface area contributed by atoms with Crippen LogP contribution in [0.4, 0.5) is 0 Å². The summed E-state index contributed by atoms with van der Waals surface area (Å²) >= 11 is 0. The fraction of sp³-hybridized carbons (Fsp3) is 0.333. The van der Waals surface area contributed by atoms with E-state index in [-0.39, 0.29) is 17.8 Å². The van der Waals surface area contributed by atoms with Crippen LogP contribution in [0.15, 0.2) is 48.7 Å². The maximum atomic E-state index is 9.67. The Labute approximate surface area is 136 Å². The summed E-state index contributed by atoms with van der Waals surface area (Å²) in [5.41, 5.74) is 1.91. The first kappa shape index (κ1) is 15.5. The van der Waals surface area contributed by atoms with Crippen LogP contribution in [0.3, 0.4) is 0 Å². The average Bonchev–Trinajstić information content (AvgIpc) is 2.98. The topological polar surface area (TPSA) is 62.5 Å². The second-order valence-electron chi connectivity index (χ2n) is 5.81. The van der Waals surface area contributed by atoms with Gasteiger partial charge in [0.15, 0.2) is 11.5 Å². The largest absolute Gasteiger partial charge is 0.508 e. The highest BCUT2D eigenvalue weighted by Gasteiger charge is 2.20. The Bertz CT molecular complexity index is 783. The summed E-state index contributed by atoms with van der Waals surface area (Å²) in [7, 11) is 0. The van der Waals surface area contributed by atoms with Crippen molar-refractivity contribution in [2.75, 3.05) is 0 Å². The monoisotopic (exact) mass is 310 g/mol. The summed E-state index contributed by atoms with van der Waals surface area (Å²) in [4.78, 5) is 0. The van der Waals surface area contributed by atoms with Gasteiger partial charge in [-0.3, -0.25) is 4.40 Å². The van der Waals surface area contributed by atoms with Gasteiger partial charge < -0.3 is 10.4 Å². The molecule has 1 aromatic carbocycles. The number of rotatable bonds is 6. The summed E-state index contributed by atoms with van der Waals surface area (Å²) < 4.78 is 2.03. The Hall–Kier alpha value is -2.40. The average molecular weight is 310 g/mol. The second kappa shape index (κ2) is 6.79. The summed E-state index contributed by atoms with van der Waals surface area (Å²) in [5, 5.41) is 21.9. The number of benzene rings is 1. The maximum Gasteiger partial charge on any atom is 0.160 e. The van der Waals surface area contributed by atoms with Crippen molar-refractivity contribution in [2.45, 2.75) is 38.8 Å². The zero-order valence-electron chi connectivity index (χ0n) is 13.5. The second-order valence-corrected chi connectivity index (χ2v) is 5.81. The predicted octanol–water partition coefficient (Wildman–Crippen LogP) is 3.63. The zero-order valence-corrected chi connectivity index (χ0v) is 13.5. The fourth-order valence-corrected chi connectivity index (χ4v) is 2.87. The van der Waals surface area contributed by atoms with Crippen molar-refractivity contribution in [3.63, 3.8) is 0 Å². The minimum atomic E-state index is 0.106. The lowest BCUT2D eigenvalue weighted by Crippen LogP contribution is -2.26. The normalized spacial score (nSPS) is 14.0. The van der Waals surface area contributed by atoms with Gasteiger partial charge >= 0.3 is 0 Å². The van der Waals surface area contributed by atoms with Crippen LogP contribution in [-0.2, 0) is 0 Å². The molecule has 2 aromatic heterocycles. The quantitative estimate of drug-likeness (QED) is 0.730. The Morgan fingerprint density at radius 2 is 2.04 bits per heavy atom. The molecular weight excluding hydrogens is 288 g/mol. The summed E-state index contributed by atoms with van der Waals surface area (Å²) in [5.74, 6) is 1.21. The van der Waals surface area contributed by atoms with Gasteiger partial charge in [0, 0.05) is 12.2 Å². The van der Waals surface area contributed by atoms with Gasteiger partial charge in [0.25, 0.3) is 0 Å². The Morgan fingerprint density at radius 1 is 1.17 bits per heavy atom. The van der Waals surface area contributed by atoms with Gasteiger partial charge in [-0.2, -0.15) is 0 Å². The van der Waals surface area contributed by atoms with Crippen molar-refractivity contribution in [3.8, 4) is 5.75 Å². The smallest absolute Gasteiger partial charge is 0.160 e. The molecule has 3 aromatic rings. The third kappa shape index (κ3) is 3.35. The minimum Gasteiger partial charge on any atom is -0.508 e. The van der Waals surface area contributed by atoms with Crippen LogP contribution in [0, 0.1) is 0 Å². The van der Waals surface area contributed by atoms with E-state index in [1.807, 2.05) is 40.9 Å². The summed E-state index contributed by atoms with van der Waals surface area (Å²) in [6.45, 7) is 4.26. The molecule has 0 fully saturated rings. The molecule has 0 aliphatic heterocycles. The molecule has 0 saturated heterocycles. The molecule has 2 atom stereocenters. The van der Waals surface area contributed by atoms with E-state index in [1.165, 1.54) is 0 Å². The molecule has 0 amide bonds. The van der Waals surface area contributed by atoms with Gasteiger partial charge in [-0.15, -0.1) is 10.2 Å². The van der Waals surface area contributed by atoms with E-state index in [0.717, 1.165) is 29.9 Å². The van der Waals surface area contributed by atoms with Crippen LogP contribution in [0.2, 0.25) is 0 Å². The molecule has 0 aliphatic carbocycles. The number of phenolic OH excluding ortho intramolecular Hbond substituents is 1. The maximum absolute atomic E-state index is 9.67. The molecule has 2 heterocycles. The van der Waals surface area contributed by atoms with E-state index < -0.39 is 0 Å². The molecule has 120 valence electrons. The number of nitrogens with one attached hydrogen (secondary N) is 1. The highest BCUT2D eigenvalue weighted by Crippen LogP contribution is 2.24. The summed E-state index contributed by atoms with van der Waals surface area (Å²) in [6.07, 6.45) is 4.01. The molecule has 0 bridgehead atoms. The Balaban J connectivity index is 1.87. The van der Waals surface area contributed by atoms with Crippen molar-refractivity contribution >= 4 is 5.65 Å². The lowest BCUT2D eigenvalue weighted by Gasteiger charge is -2.22. The Kier molecular flexibility index (Phi) is 4.57. The highest BCUT2D eigenvalue weighted by atomic mass is 16.3. The van der Waals surface area contributed by atoms with E-state index in [0.29, 0.717) is 0 Å². The summed E-state index contributed by atoms with van der Waals surface area (Å²) in [6, 6.07) is 13.5. The Morgan fingerprint density at radius 3 is 2.83 bits per heavy atom. The molecule has 5 nitrogen and oxygen atoms in total. The van der Waals surface area contributed by atoms with Gasteiger partial charge in [0.1, 0.15) is 5.75 Å². The van der Waals surface area contributed by atoms with E-state index >= 15 is 0 Å². The number of aromatic hydroxyl groups is 1.